The molecule has 0 radical (unpaired) electrons. The van der Waals surface area contributed by atoms with Crippen molar-refractivity contribution in [3.05, 3.63) is 51.4 Å². The van der Waals surface area contributed by atoms with E-state index in [0.717, 1.165) is 41.8 Å². The zero-order chi connectivity index (χ0) is 12.5. The Hall–Kier alpha value is -2.41. The van der Waals surface area contributed by atoms with Crippen molar-refractivity contribution in [2.45, 2.75) is 19.3 Å². The second-order valence-corrected chi connectivity index (χ2v) is 4.34. The first-order valence-corrected chi connectivity index (χ1v) is 5.91. The third kappa shape index (κ3) is 1.52. The van der Waals surface area contributed by atoms with Crippen LogP contribution in [0.3, 0.4) is 0 Å². The quantitative estimate of drug-likeness (QED) is 0.822. The van der Waals surface area contributed by atoms with Gasteiger partial charge in [-0.25, -0.2) is 0 Å². The van der Waals surface area contributed by atoms with Crippen LogP contribution in [-0.2, 0) is 12.8 Å². The standard InChI is InChI=1S/C14H11N3O/c15-8-11-9-4-3-5-10(9)13(17-14(11)18)12-6-1-2-7-16-12/h1-2,6-7H,3-5H2,(H,17,18). The second-order valence-electron chi connectivity index (χ2n) is 4.34. The van der Waals surface area contributed by atoms with Gasteiger partial charge >= 0.3 is 0 Å². The Balaban J connectivity index is 2.31. The summed E-state index contributed by atoms with van der Waals surface area (Å²) in [6.45, 7) is 0. The van der Waals surface area contributed by atoms with Gasteiger partial charge in [0.05, 0.1) is 11.4 Å². The molecule has 0 aliphatic heterocycles. The summed E-state index contributed by atoms with van der Waals surface area (Å²) in [6, 6.07) is 7.61. The Kier molecular flexibility index (Phi) is 2.45. The van der Waals surface area contributed by atoms with Crippen LogP contribution >= 0.6 is 0 Å². The number of aromatic nitrogens is 2. The first kappa shape index (κ1) is 10.7. The van der Waals surface area contributed by atoms with Gasteiger partial charge in [0.1, 0.15) is 11.6 Å². The van der Waals surface area contributed by atoms with E-state index in [9.17, 15) is 4.79 Å². The summed E-state index contributed by atoms with van der Waals surface area (Å²) in [5.41, 5.74) is 3.47. The van der Waals surface area contributed by atoms with Crippen LogP contribution in [0.5, 0.6) is 0 Å². The minimum absolute atomic E-state index is 0.266. The number of pyridine rings is 2. The zero-order valence-electron chi connectivity index (χ0n) is 9.73. The highest BCUT2D eigenvalue weighted by Crippen LogP contribution is 2.30. The maximum Gasteiger partial charge on any atom is 0.266 e. The smallest absolute Gasteiger partial charge is 0.266 e. The molecule has 0 spiro atoms. The summed E-state index contributed by atoms with van der Waals surface area (Å²) >= 11 is 0. The molecule has 0 saturated carbocycles. The third-order valence-corrected chi connectivity index (χ3v) is 3.32. The number of hydrogen-bond acceptors (Lipinski definition) is 3. The lowest BCUT2D eigenvalue weighted by Crippen LogP contribution is -2.15. The number of H-pyrrole nitrogens is 1. The Labute approximate surface area is 104 Å². The molecule has 1 N–H and O–H groups in total. The molecule has 18 heavy (non-hydrogen) atoms. The molecule has 4 heteroatoms. The highest BCUT2D eigenvalue weighted by molar-refractivity contribution is 5.64. The van der Waals surface area contributed by atoms with Crippen molar-refractivity contribution in [1.29, 1.82) is 5.26 Å². The average Bonchev–Trinajstić information content (AvgIpc) is 2.88. The van der Waals surface area contributed by atoms with Gasteiger partial charge in [0.25, 0.3) is 5.56 Å². The predicted molar refractivity (Wildman–Crippen MR) is 67.0 cm³/mol. The fourth-order valence-corrected chi connectivity index (χ4v) is 2.53. The third-order valence-electron chi connectivity index (χ3n) is 3.32. The van der Waals surface area contributed by atoms with Crippen LogP contribution in [0.2, 0.25) is 0 Å². The molecule has 0 aromatic carbocycles. The van der Waals surface area contributed by atoms with Crippen LogP contribution < -0.4 is 5.56 Å². The number of fused-ring (bicyclic) bond motifs is 1. The summed E-state index contributed by atoms with van der Waals surface area (Å²) < 4.78 is 0. The average molecular weight is 237 g/mol. The summed E-state index contributed by atoms with van der Waals surface area (Å²) in [7, 11) is 0. The Morgan fingerprint density at radius 3 is 2.83 bits per heavy atom. The van der Waals surface area contributed by atoms with Crippen LogP contribution in [0.15, 0.2) is 29.2 Å². The van der Waals surface area contributed by atoms with Gasteiger partial charge < -0.3 is 4.98 Å². The molecular formula is C14H11N3O. The zero-order valence-corrected chi connectivity index (χ0v) is 9.73. The molecule has 2 aromatic heterocycles. The fraction of sp³-hybridized carbons (Fsp3) is 0.214. The van der Waals surface area contributed by atoms with Crippen molar-refractivity contribution in [3.63, 3.8) is 0 Å². The summed E-state index contributed by atoms with van der Waals surface area (Å²) in [6.07, 6.45) is 4.39. The number of nitriles is 1. The van der Waals surface area contributed by atoms with Crippen LogP contribution in [0.4, 0.5) is 0 Å². The lowest BCUT2D eigenvalue weighted by Gasteiger charge is -2.08. The summed E-state index contributed by atoms with van der Waals surface area (Å²) in [5, 5.41) is 9.06. The van der Waals surface area contributed by atoms with Gasteiger partial charge in [0, 0.05) is 6.20 Å². The number of hydrogen-bond donors (Lipinski definition) is 1. The molecule has 2 aromatic rings. The molecule has 0 amide bonds. The van der Waals surface area contributed by atoms with Gasteiger partial charge in [-0.1, -0.05) is 6.07 Å². The maximum absolute atomic E-state index is 11.9. The Bertz CT molecular complexity index is 695. The monoisotopic (exact) mass is 237 g/mol. The first-order chi connectivity index (χ1) is 8.81. The van der Waals surface area contributed by atoms with Gasteiger partial charge in [-0.3, -0.25) is 9.78 Å². The molecule has 2 heterocycles. The second kappa shape index (κ2) is 4.11. The van der Waals surface area contributed by atoms with Gasteiger partial charge in [-0.05, 0) is 42.5 Å². The van der Waals surface area contributed by atoms with Gasteiger partial charge in [-0.15, -0.1) is 0 Å². The SMILES string of the molecule is N#Cc1c2c(c(-c3ccccn3)[nH]c1=O)CCC2. The van der Waals surface area contributed by atoms with E-state index in [1.807, 2.05) is 24.3 Å². The van der Waals surface area contributed by atoms with Gasteiger partial charge in [0.2, 0.25) is 0 Å². The molecule has 0 fully saturated rings. The molecular weight excluding hydrogens is 226 g/mol. The Morgan fingerprint density at radius 2 is 2.11 bits per heavy atom. The van der Waals surface area contributed by atoms with Gasteiger partial charge in [0.15, 0.2) is 0 Å². The molecule has 0 bridgehead atoms. The summed E-state index contributed by atoms with van der Waals surface area (Å²) in [5.74, 6) is 0. The highest BCUT2D eigenvalue weighted by Gasteiger charge is 2.22. The van der Waals surface area contributed by atoms with Crippen molar-refractivity contribution >= 4 is 0 Å². The number of rotatable bonds is 1. The molecule has 4 nitrogen and oxygen atoms in total. The van der Waals surface area contributed by atoms with Gasteiger partial charge in [-0.2, -0.15) is 5.26 Å². The van der Waals surface area contributed by atoms with Crippen LogP contribution in [-0.4, -0.2) is 9.97 Å². The van der Waals surface area contributed by atoms with Crippen molar-refractivity contribution in [2.75, 3.05) is 0 Å². The van der Waals surface area contributed by atoms with E-state index in [-0.39, 0.29) is 11.1 Å². The fourth-order valence-electron chi connectivity index (χ4n) is 2.53. The largest absolute Gasteiger partial charge is 0.319 e. The lowest BCUT2D eigenvalue weighted by molar-refractivity contribution is 0.910. The molecule has 88 valence electrons. The lowest BCUT2D eigenvalue weighted by atomic mass is 10.0. The predicted octanol–water partition coefficient (Wildman–Crippen LogP) is 1.80. The number of nitrogens with zero attached hydrogens (tertiary/aromatic N) is 2. The highest BCUT2D eigenvalue weighted by atomic mass is 16.1. The van der Waals surface area contributed by atoms with Crippen molar-refractivity contribution in [3.8, 4) is 17.5 Å². The van der Waals surface area contributed by atoms with E-state index in [4.69, 9.17) is 5.26 Å². The molecule has 3 rings (SSSR count). The van der Waals surface area contributed by atoms with E-state index in [1.54, 1.807) is 6.20 Å². The van der Waals surface area contributed by atoms with Crippen molar-refractivity contribution in [2.24, 2.45) is 0 Å². The first-order valence-electron chi connectivity index (χ1n) is 5.91. The van der Waals surface area contributed by atoms with Crippen molar-refractivity contribution in [1.82, 2.24) is 9.97 Å². The normalized spacial score (nSPS) is 13.1. The summed E-state index contributed by atoms with van der Waals surface area (Å²) in [4.78, 5) is 19.0. The molecule has 1 aliphatic rings. The number of aromatic amines is 1. The minimum atomic E-state index is -0.307. The minimum Gasteiger partial charge on any atom is -0.319 e. The van der Waals surface area contributed by atoms with E-state index in [0.29, 0.717) is 0 Å². The molecule has 1 aliphatic carbocycles. The van der Waals surface area contributed by atoms with E-state index in [1.165, 1.54) is 0 Å². The molecule has 0 saturated heterocycles. The van der Waals surface area contributed by atoms with E-state index >= 15 is 0 Å². The van der Waals surface area contributed by atoms with Crippen molar-refractivity contribution < 1.29 is 0 Å². The maximum atomic E-state index is 11.9. The van der Waals surface area contributed by atoms with Crippen LogP contribution in [0, 0.1) is 11.3 Å². The van der Waals surface area contributed by atoms with Crippen LogP contribution in [0.25, 0.3) is 11.4 Å². The molecule has 0 unspecified atom stereocenters. The number of nitrogens with one attached hydrogen (secondary N) is 1. The van der Waals surface area contributed by atoms with E-state index in [2.05, 4.69) is 9.97 Å². The van der Waals surface area contributed by atoms with E-state index < -0.39 is 0 Å². The molecule has 0 atom stereocenters. The topological polar surface area (TPSA) is 69.5 Å². The van der Waals surface area contributed by atoms with Crippen LogP contribution in [0.1, 0.15) is 23.1 Å². The Morgan fingerprint density at radius 1 is 1.28 bits per heavy atom.